The first-order valence-electron chi connectivity index (χ1n) is 7.01. The van der Waals surface area contributed by atoms with Gasteiger partial charge in [-0.2, -0.15) is 0 Å². The molecule has 21 heavy (non-hydrogen) atoms. The third-order valence-corrected chi connectivity index (χ3v) is 4.39. The second-order valence-electron chi connectivity index (χ2n) is 4.96. The van der Waals surface area contributed by atoms with Gasteiger partial charge in [-0.15, -0.1) is 0 Å². The number of benzene rings is 1. The molecule has 3 N–H and O–H groups in total. The fraction of sp³-hybridized carbons (Fsp3) is 0.571. The largest absolute Gasteiger partial charge is 0.494 e. The summed E-state index contributed by atoms with van der Waals surface area (Å²) in [7, 11) is 0.404. The van der Waals surface area contributed by atoms with Crippen molar-refractivity contribution in [1.29, 1.82) is 0 Å². The summed E-state index contributed by atoms with van der Waals surface area (Å²) in [6, 6.07) is 4.76. The molecule has 1 aromatic carbocycles. The smallest absolute Gasteiger partial charge is 0.240 e. The van der Waals surface area contributed by atoms with Crippen LogP contribution in [0, 0.1) is 0 Å². The maximum atomic E-state index is 12.2. The predicted molar refractivity (Wildman–Crippen MR) is 83.9 cm³/mol. The second-order valence-corrected chi connectivity index (χ2v) is 6.73. The van der Waals surface area contributed by atoms with Crippen LogP contribution in [-0.4, -0.2) is 47.1 Å². The minimum atomic E-state index is -3.50. The summed E-state index contributed by atoms with van der Waals surface area (Å²) in [5.41, 5.74) is 6.34. The molecule has 0 fully saturated rings. The molecule has 0 aliphatic heterocycles. The first-order chi connectivity index (χ1) is 9.90. The second kappa shape index (κ2) is 8.33. The van der Waals surface area contributed by atoms with E-state index in [1.807, 2.05) is 25.9 Å². The van der Waals surface area contributed by atoms with Gasteiger partial charge in [0.05, 0.1) is 11.5 Å². The number of nitrogens with two attached hydrogens (primary N) is 1. The molecule has 1 rings (SSSR count). The Morgan fingerprint density at radius 3 is 2.62 bits per heavy atom. The van der Waals surface area contributed by atoms with Crippen molar-refractivity contribution >= 4 is 10.0 Å². The first kappa shape index (κ1) is 17.9. The average molecular weight is 315 g/mol. The van der Waals surface area contributed by atoms with Gasteiger partial charge in [0.2, 0.25) is 10.0 Å². The molecular formula is C14H25N3O3S. The highest BCUT2D eigenvalue weighted by atomic mass is 32.2. The Labute approximate surface area is 127 Å². The predicted octanol–water partition coefficient (Wildman–Crippen LogP) is 0.774. The molecule has 0 saturated heterocycles. The average Bonchev–Trinajstić information content (AvgIpc) is 2.44. The highest BCUT2D eigenvalue weighted by Gasteiger charge is 2.15. The Morgan fingerprint density at radius 2 is 2.05 bits per heavy atom. The standard InChI is InChI=1S/C14H25N3O3S/c1-4-20-14-7-6-13(10-12(14)11-15)21(18,19)16-8-5-9-17(2)3/h6-7,10,16H,4-5,8-9,11,15H2,1-3H3. The fourth-order valence-corrected chi connectivity index (χ4v) is 2.99. The minimum Gasteiger partial charge on any atom is -0.494 e. The van der Waals surface area contributed by atoms with Crippen molar-refractivity contribution in [1.82, 2.24) is 9.62 Å². The van der Waals surface area contributed by atoms with Crippen LogP contribution in [0.25, 0.3) is 0 Å². The van der Waals surface area contributed by atoms with Crippen molar-refractivity contribution < 1.29 is 13.2 Å². The molecule has 6 nitrogen and oxygen atoms in total. The molecule has 0 atom stereocenters. The van der Waals surface area contributed by atoms with Crippen LogP contribution in [0.1, 0.15) is 18.9 Å². The number of sulfonamides is 1. The molecule has 0 unspecified atom stereocenters. The Hall–Kier alpha value is -1.15. The lowest BCUT2D eigenvalue weighted by Crippen LogP contribution is -2.27. The Bertz CT molecular complexity index is 544. The molecule has 0 spiro atoms. The number of nitrogens with one attached hydrogen (secondary N) is 1. The van der Waals surface area contributed by atoms with Crippen LogP contribution >= 0.6 is 0 Å². The van der Waals surface area contributed by atoms with Crippen molar-refractivity contribution in [3.63, 3.8) is 0 Å². The van der Waals surface area contributed by atoms with Crippen LogP contribution in [0.4, 0.5) is 0 Å². The zero-order valence-corrected chi connectivity index (χ0v) is 13.7. The highest BCUT2D eigenvalue weighted by Crippen LogP contribution is 2.22. The van der Waals surface area contributed by atoms with Gasteiger partial charge >= 0.3 is 0 Å². The van der Waals surface area contributed by atoms with Crippen LogP contribution < -0.4 is 15.2 Å². The highest BCUT2D eigenvalue weighted by molar-refractivity contribution is 7.89. The van der Waals surface area contributed by atoms with Crippen LogP contribution in [0.3, 0.4) is 0 Å². The van der Waals surface area contributed by atoms with Crippen LogP contribution in [0.5, 0.6) is 5.75 Å². The molecule has 0 bridgehead atoms. The third kappa shape index (κ3) is 5.62. The Kier molecular flexibility index (Phi) is 7.10. The van der Waals surface area contributed by atoms with E-state index in [0.717, 1.165) is 13.0 Å². The van der Waals surface area contributed by atoms with Crippen LogP contribution in [-0.2, 0) is 16.6 Å². The number of nitrogens with zero attached hydrogens (tertiary/aromatic N) is 1. The molecule has 0 heterocycles. The maximum Gasteiger partial charge on any atom is 0.240 e. The first-order valence-corrected chi connectivity index (χ1v) is 8.49. The number of hydrogen-bond acceptors (Lipinski definition) is 5. The summed E-state index contributed by atoms with van der Waals surface area (Å²) < 4.78 is 32.4. The van der Waals surface area contributed by atoms with Gasteiger partial charge in [0.1, 0.15) is 5.75 Å². The summed E-state index contributed by atoms with van der Waals surface area (Å²) in [6.45, 7) is 3.87. The number of ether oxygens (including phenoxy) is 1. The van der Waals surface area contributed by atoms with Crippen LogP contribution in [0.15, 0.2) is 23.1 Å². The minimum absolute atomic E-state index is 0.219. The van der Waals surface area contributed by atoms with Gasteiger partial charge in [0, 0.05) is 18.7 Å². The normalized spacial score (nSPS) is 11.9. The van der Waals surface area contributed by atoms with E-state index in [9.17, 15) is 8.42 Å². The van der Waals surface area contributed by atoms with E-state index in [4.69, 9.17) is 10.5 Å². The fourth-order valence-electron chi connectivity index (χ4n) is 1.86. The zero-order valence-electron chi connectivity index (χ0n) is 12.9. The van der Waals surface area contributed by atoms with Gasteiger partial charge in [-0.05, 0) is 52.2 Å². The van der Waals surface area contributed by atoms with Gasteiger partial charge in [-0.25, -0.2) is 13.1 Å². The molecule has 0 aliphatic rings. The van der Waals surface area contributed by atoms with Gasteiger partial charge in [-0.3, -0.25) is 0 Å². The van der Waals surface area contributed by atoms with E-state index >= 15 is 0 Å². The summed E-state index contributed by atoms with van der Waals surface area (Å²) >= 11 is 0. The molecule has 7 heteroatoms. The molecule has 0 radical (unpaired) electrons. The molecule has 0 amide bonds. The summed E-state index contributed by atoms with van der Waals surface area (Å²) in [4.78, 5) is 2.23. The van der Waals surface area contributed by atoms with Crippen LogP contribution in [0.2, 0.25) is 0 Å². The lowest BCUT2D eigenvalue weighted by molar-refractivity contribution is 0.336. The lowest BCUT2D eigenvalue weighted by atomic mass is 10.2. The topological polar surface area (TPSA) is 84.7 Å². The summed E-state index contributed by atoms with van der Waals surface area (Å²) in [5.74, 6) is 0.631. The monoisotopic (exact) mass is 315 g/mol. The Morgan fingerprint density at radius 1 is 1.33 bits per heavy atom. The van der Waals surface area contributed by atoms with Crippen molar-refractivity contribution in [2.45, 2.75) is 24.8 Å². The van der Waals surface area contributed by atoms with E-state index in [1.165, 1.54) is 0 Å². The third-order valence-electron chi connectivity index (χ3n) is 2.94. The van der Waals surface area contributed by atoms with Crippen molar-refractivity contribution in [2.24, 2.45) is 5.73 Å². The Balaban J connectivity index is 2.78. The van der Waals surface area contributed by atoms with E-state index in [0.29, 0.717) is 24.5 Å². The van der Waals surface area contributed by atoms with Gasteiger partial charge < -0.3 is 15.4 Å². The maximum absolute atomic E-state index is 12.2. The quantitative estimate of drug-likeness (QED) is 0.658. The van der Waals surface area contributed by atoms with E-state index < -0.39 is 10.0 Å². The lowest BCUT2D eigenvalue weighted by Gasteiger charge is -2.13. The molecule has 0 aromatic heterocycles. The van der Waals surface area contributed by atoms with E-state index in [2.05, 4.69) is 4.72 Å². The molecule has 120 valence electrons. The van der Waals surface area contributed by atoms with E-state index in [-0.39, 0.29) is 11.4 Å². The summed E-state index contributed by atoms with van der Waals surface area (Å²) in [5, 5.41) is 0. The van der Waals surface area contributed by atoms with Crippen molar-refractivity contribution in [2.75, 3.05) is 33.8 Å². The van der Waals surface area contributed by atoms with E-state index in [1.54, 1.807) is 18.2 Å². The number of rotatable bonds is 9. The summed E-state index contributed by atoms with van der Waals surface area (Å²) in [6.07, 6.45) is 0.757. The zero-order chi connectivity index (χ0) is 15.9. The molecule has 0 aliphatic carbocycles. The molecule has 0 saturated carbocycles. The van der Waals surface area contributed by atoms with Gasteiger partial charge in [0.15, 0.2) is 0 Å². The van der Waals surface area contributed by atoms with Gasteiger partial charge in [0.25, 0.3) is 0 Å². The van der Waals surface area contributed by atoms with Crippen molar-refractivity contribution in [3.05, 3.63) is 23.8 Å². The number of hydrogen-bond donors (Lipinski definition) is 2. The molecule has 1 aromatic rings. The van der Waals surface area contributed by atoms with Gasteiger partial charge in [-0.1, -0.05) is 0 Å². The van der Waals surface area contributed by atoms with Crippen molar-refractivity contribution in [3.8, 4) is 5.75 Å². The molecular weight excluding hydrogens is 290 g/mol. The SMILES string of the molecule is CCOc1ccc(S(=O)(=O)NCCCN(C)C)cc1CN.